The van der Waals surface area contributed by atoms with Crippen molar-refractivity contribution >= 4 is 18.1 Å². The van der Waals surface area contributed by atoms with Crippen LogP contribution in [0.5, 0.6) is 5.75 Å². The fourth-order valence-electron chi connectivity index (χ4n) is 2.54. The number of aromatic hydroxyl groups is 1. The van der Waals surface area contributed by atoms with Crippen LogP contribution in [-0.4, -0.2) is 5.11 Å². The molecule has 0 unspecified atom stereocenters. The van der Waals surface area contributed by atoms with Gasteiger partial charge in [0.1, 0.15) is 5.75 Å². The molecular weight excluding hydrogens is 306 g/mol. The third-order valence-electron chi connectivity index (χ3n) is 3.63. The molecule has 0 spiro atoms. The van der Waals surface area contributed by atoms with E-state index < -0.39 is 0 Å². The van der Waals surface area contributed by atoms with Crippen molar-refractivity contribution < 1.29 is 5.11 Å². The topological polar surface area (TPSA) is 23.5 Å². The van der Waals surface area contributed by atoms with Crippen LogP contribution in [-0.2, 0) is 13.1 Å². The van der Waals surface area contributed by atoms with Gasteiger partial charge in [-0.15, -0.1) is 12.4 Å². The zero-order chi connectivity index (χ0) is 15.2. The molecule has 2 nitrogen and oxygen atoms in total. The highest BCUT2D eigenvalue weighted by molar-refractivity contribution is 5.85. The average molecular weight is 326 g/mol. The summed E-state index contributed by atoms with van der Waals surface area (Å²) in [5.74, 6) is 0.295. The summed E-state index contributed by atoms with van der Waals surface area (Å²) in [6.45, 7) is 1.61. The van der Waals surface area contributed by atoms with Gasteiger partial charge in [-0.05, 0) is 23.3 Å². The van der Waals surface area contributed by atoms with Gasteiger partial charge >= 0.3 is 0 Å². The molecule has 1 N–H and O–H groups in total. The molecule has 3 aromatic rings. The lowest BCUT2D eigenvalue weighted by molar-refractivity contribution is 0.475. The Kier molecular flexibility index (Phi) is 6.07. The van der Waals surface area contributed by atoms with Gasteiger partial charge in [0.25, 0.3) is 0 Å². The Bertz CT molecular complexity index is 674. The van der Waals surface area contributed by atoms with Crippen LogP contribution < -0.4 is 4.90 Å². The van der Waals surface area contributed by atoms with Crippen LogP contribution in [0.25, 0.3) is 0 Å². The molecule has 0 saturated carbocycles. The zero-order valence-corrected chi connectivity index (χ0v) is 13.6. The van der Waals surface area contributed by atoms with Crippen molar-refractivity contribution in [1.82, 2.24) is 0 Å². The first-order valence-electron chi connectivity index (χ1n) is 7.43. The Morgan fingerprint density at radius 2 is 1.17 bits per heavy atom. The van der Waals surface area contributed by atoms with Crippen LogP contribution in [0, 0.1) is 0 Å². The van der Waals surface area contributed by atoms with E-state index in [9.17, 15) is 5.11 Å². The Morgan fingerprint density at radius 3 is 1.65 bits per heavy atom. The summed E-state index contributed by atoms with van der Waals surface area (Å²) in [6, 6.07) is 28.2. The predicted molar refractivity (Wildman–Crippen MR) is 98.1 cm³/mol. The van der Waals surface area contributed by atoms with E-state index in [0.29, 0.717) is 5.75 Å². The van der Waals surface area contributed by atoms with Gasteiger partial charge in [-0.1, -0.05) is 66.7 Å². The molecule has 0 radical (unpaired) electrons. The summed E-state index contributed by atoms with van der Waals surface area (Å²) in [6.07, 6.45) is 0. The molecule has 3 heteroatoms. The molecule has 0 heterocycles. The number of nitrogens with zero attached hydrogens (tertiary/aromatic N) is 1. The second kappa shape index (κ2) is 8.25. The highest BCUT2D eigenvalue weighted by Crippen LogP contribution is 2.23. The second-order valence-electron chi connectivity index (χ2n) is 5.35. The summed E-state index contributed by atoms with van der Waals surface area (Å²) in [4.78, 5) is 2.27. The van der Waals surface area contributed by atoms with Crippen LogP contribution in [0.15, 0.2) is 84.9 Å². The summed E-state index contributed by atoms with van der Waals surface area (Å²) >= 11 is 0. The Labute approximate surface area is 143 Å². The van der Waals surface area contributed by atoms with Crippen molar-refractivity contribution in [1.29, 1.82) is 0 Å². The number of hydrogen-bond donors (Lipinski definition) is 1. The van der Waals surface area contributed by atoms with Crippen LogP contribution in [0.2, 0.25) is 0 Å². The van der Waals surface area contributed by atoms with E-state index in [1.165, 1.54) is 11.1 Å². The van der Waals surface area contributed by atoms with E-state index in [-0.39, 0.29) is 12.4 Å². The number of phenolic OH excluding ortho intramolecular Hbond substituents is 1. The molecule has 0 bridgehead atoms. The summed E-state index contributed by atoms with van der Waals surface area (Å²) in [5, 5.41) is 9.77. The standard InChI is InChI=1S/C20H19NO.ClH/c22-20-13-7-12-19(14-20)21(15-17-8-3-1-4-9-17)16-18-10-5-2-6-11-18;/h1-14,22H,15-16H2;1H. The molecule has 0 aliphatic carbocycles. The SMILES string of the molecule is Cl.Oc1cccc(N(Cc2ccccc2)Cc2ccccc2)c1. The van der Waals surface area contributed by atoms with E-state index in [4.69, 9.17) is 0 Å². The minimum Gasteiger partial charge on any atom is -0.508 e. The number of rotatable bonds is 5. The second-order valence-corrected chi connectivity index (χ2v) is 5.35. The molecule has 3 aromatic carbocycles. The smallest absolute Gasteiger partial charge is 0.117 e. The normalized spacial score (nSPS) is 9.91. The van der Waals surface area contributed by atoms with Crippen LogP contribution in [0.4, 0.5) is 5.69 Å². The maximum atomic E-state index is 9.77. The summed E-state index contributed by atoms with van der Waals surface area (Å²) < 4.78 is 0. The van der Waals surface area contributed by atoms with Gasteiger partial charge in [-0.2, -0.15) is 0 Å². The molecule has 0 aromatic heterocycles. The van der Waals surface area contributed by atoms with Crippen molar-refractivity contribution in [2.45, 2.75) is 13.1 Å². The van der Waals surface area contributed by atoms with Gasteiger partial charge in [-0.3, -0.25) is 0 Å². The fraction of sp³-hybridized carbons (Fsp3) is 0.100. The first-order chi connectivity index (χ1) is 10.8. The van der Waals surface area contributed by atoms with E-state index in [1.807, 2.05) is 30.3 Å². The van der Waals surface area contributed by atoms with Crippen molar-refractivity contribution in [3.8, 4) is 5.75 Å². The molecule has 0 aliphatic heterocycles. The third kappa shape index (κ3) is 4.76. The van der Waals surface area contributed by atoms with E-state index in [1.54, 1.807) is 6.07 Å². The molecule has 3 rings (SSSR count). The zero-order valence-electron chi connectivity index (χ0n) is 12.8. The molecule has 0 saturated heterocycles. The van der Waals surface area contributed by atoms with Crippen molar-refractivity contribution in [3.63, 3.8) is 0 Å². The average Bonchev–Trinajstić information content (AvgIpc) is 2.56. The maximum absolute atomic E-state index is 9.77. The Balaban J connectivity index is 0.00000192. The first kappa shape index (κ1) is 16.9. The first-order valence-corrected chi connectivity index (χ1v) is 7.43. The molecule has 0 amide bonds. The summed E-state index contributed by atoms with van der Waals surface area (Å²) in [5.41, 5.74) is 3.52. The van der Waals surface area contributed by atoms with Gasteiger partial charge in [0.05, 0.1) is 0 Å². The van der Waals surface area contributed by atoms with Crippen LogP contribution in [0.1, 0.15) is 11.1 Å². The number of phenols is 1. The predicted octanol–water partition coefficient (Wildman–Crippen LogP) is 5.02. The lowest BCUT2D eigenvalue weighted by Crippen LogP contribution is -2.21. The minimum absolute atomic E-state index is 0. The molecule has 0 atom stereocenters. The van der Waals surface area contributed by atoms with Gasteiger partial charge in [0.15, 0.2) is 0 Å². The van der Waals surface area contributed by atoms with Crippen LogP contribution in [0.3, 0.4) is 0 Å². The van der Waals surface area contributed by atoms with Crippen molar-refractivity contribution in [2.24, 2.45) is 0 Å². The monoisotopic (exact) mass is 325 g/mol. The fourth-order valence-corrected chi connectivity index (χ4v) is 2.54. The summed E-state index contributed by atoms with van der Waals surface area (Å²) in [7, 11) is 0. The minimum atomic E-state index is 0. The van der Waals surface area contributed by atoms with E-state index in [2.05, 4.69) is 53.4 Å². The maximum Gasteiger partial charge on any atom is 0.117 e. The third-order valence-corrected chi connectivity index (χ3v) is 3.63. The quantitative estimate of drug-likeness (QED) is 0.712. The number of hydrogen-bond acceptors (Lipinski definition) is 2. The molecule has 23 heavy (non-hydrogen) atoms. The molecule has 0 fully saturated rings. The van der Waals surface area contributed by atoms with Crippen LogP contribution >= 0.6 is 12.4 Å². The number of halogens is 1. The number of benzene rings is 3. The van der Waals surface area contributed by atoms with Gasteiger partial charge in [0, 0.05) is 24.8 Å². The van der Waals surface area contributed by atoms with Crippen molar-refractivity contribution in [2.75, 3.05) is 4.90 Å². The van der Waals surface area contributed by atoms with Gasteiger partial charge < -0.3 is 10.0 Å². The highest BCUT2D eigenvalue weighted by atomic mass is 35.5. The van der Waals surface area contributed by atoms with Gasteiger partial charge in [0.2, 0.25) is 0 Å². The molecule has 0 aliphatic rings. The van der Waals surface area contributed by atoms with Gasteiger partial charge in [-0.25, -0.2) is 0 Å². The largest absolute Gasteiger partial charge is 0.508 e. The lowest BCUT2D eigenvalue weighted by atomic mass is 10.1. The molecule has 118 valence electrons. The Morgan fingerprint density at radius 1 is 0.652 bits per heavy atom. The lowest BCUT2D eigenvalue weighted by Gasteiger charge is -2.25. The Hall–Kier alpha value is -2.45. The number of anilines is 1. The van der Waals surface area contributed by atoms with E-state index in [0.717, 1.165) is 18.8 Å². The highest BCUT2D eigenvalue weighted by Gasteiger charge is 2.09. The molecular formula is C20H20ClNO. The van der Waals surface area contributed by atoms with E-state index >= 15 is 0 Å². The van der Waals surface area contributed by atoms with Crippen molar-refractivity contribution in [3.05, 3.63) is 96.1 Å².